The molecular weight excluding hydrogens is 234 g/mol. The minimum atomic E-state index is 0.588. The Balaban J connectivity index is 1.80. The number of aryl methyl sites for hydroxylation is 1. The maximum absolute atomic E-state index is 5.45. The van der Waals surface area contributed by atoms with Gasteiger partial charge >= 0.3 is 0 Å². The van der Waals surface area contributed by atoms with Crippen molar-refractivity contribution in [3.05, 3.63) is 33.8 Å². The molecule has 0 fully saturated rings. The van der Waals surface area contributed by atoms with E-state index in [-0.39, 0.29) is 0 Å². The lowest BCUT2D eigenvalue weighted by Gasteiger charge is -2.01. The van der Waals surface area contributed by atoms with Gasteiger partial charge in [-0.25, -0.2) is 0 Å². The second kappa shape index (κ2) is 5.90. The summed E-state index contributed by atoms with van der Waals surface area (Å²) < 4.78 is 1.77. The van der Waals surface area contributed by atoms with Crippen molar-refractivity contribution in [2.75, 3.05) is 6.54 Å². The van der Waals surface area contributed by atoms with Crippen LogP contribution in [0.4, 0.5) is 0 Å². The molecule has 0 bridgehead atoms. The van der Waals surface area contributed by atoms with Crippen LogP contribution in [-0.4, -0.2) is 21.5 Å². The number of thiophene rings is 1. The molecule has 0 atom stereocenters. The fourth-order valence-corrected chi connectivity index (χ4v) is 2.41. The molecule has 6 heteroatoms. The molecule has 0 aliphatic heterocycles. The molecule has 17 heavy (non-hydrogen) atoms. The Morgan fingerprint density at radius 2 is 2.29 bits per heavy atom. The minimum Gasteiger partial charge on any atom is -0.329 e. The summed E-state index contributed by atoms with van der Waals surface area (Å²) in [5, 5.41) is 15.8. The molecule has 0 radical (unpaired) electrons. The average molecular weight is 251 g/mol. The number of hydrogen-bond donors (Lipinski definition) is 2. The van der Waals surface area contributed by atoms with E-state index in [4.69, 9.17) is 5.73 Å². The van der Waals surface area contributed by atoms with Crippen molar-refractivity contribution in [1.82, 2.24) is 20.3 Å². The van der Waals surface area contributed by atoms with Crippen LogP contribution in [0.2, 0.25) is 0 Å². The zero-order chi connectivity index (χ0) is 12.1. The van der Waals surface area contributed by atoms with E-state index >= 15 is 0 Å². The number of hydrogen-bond acceptors (Lipinski definition) is 5. The predicted octanol–water partition coefficient (Wildman–Crippen LogP) is 0.897. The zero-order valence-corrected chi connectivity index (χ0v) is 10.7. The largest absolute Gasteiger partial charge is 0.329 e. The molecule has 0 saturated heterocycles. The molecule has 0 amide bonds. The SMILES string of the molecule is Cc1cscc1CNCc1cn(CCN)nn1. The topological polar surface area (TPSA) is 68.8 Å². The van der Waals surface area contributed by atoms with Crippen molar-refractivity contribution in [3.63, 3.8) is 0 Å². The molecular formula is C11H17N5S. The second-order valence-electron chi connectivity index (χ2n) is 3.95. The molecule has 0 aliphatic carbocycles. The zero-order valence-electron chi connectivity index (χ0n) is 9.89. The van der Waals surface area contributed by atoms with Gasteiger partial charge in [-0.2, -0.15) is 11.3 Å². The molecule has 0 aliphatic rings. The predicted molar refractivity (Wildman–Crippen MR) is 68.7 cm³/mol. The summed E-state index contributed by atoms with van der Waals surface area (Å²) >= 11 is 1.74. The number of nitrogens with two attached hydrogens (primary N) is 1. The van der Waals surface area contributed by atoms with Gasteiger partial charge in [0.1, 0.15) is 0 Å². The number of aromatic nitrogens is 3. The highest BCUT2D eigenvalue weighted by molar-refractivity contribution is 7.08. The van der Waals surface area contributed by atoms with Crippen molar-refractivity contribution in [2.45, 2.75) is 26.6 Å². The monoisotopic (exact) mass is 251 g/mol. The fraction of sp³-hybridized carbons (Fsp3) is 0.455. The van der Waals surface area contributed by atoms with Crippen LogP contribution < -0.4 is 11.1 Å². The maximum atomic E-state index is 5.45. The molecule has 5 nitrogen and oxygen atoms in total. The van der Waals surface area contributed by atoms with E-state index in [9.17, 15) is 0 Å². The lowest BCUT2D eigenvalue weighted by atomic mass is 10.2. The van der Waals surface area contributed by atoms with Crippen molar-refractivity contribution in [2.24, 2.45) is 5.73 Å². The Hall–Kier alpha value is -1.24. The second-order valence-corrected chi connectivity index (χ2v) is 4.69. The quantitative estimate of drug-likeness (QED) is 0.800. The Labute approximate surface area is 105 Å². The van der Waals surface area contributed by atoms with Crippen LogP contribution in [-0.2, 0) is 19.6 Å². The first-order valence-corrected chi connectivity index (χ1v) is 6.55. The smallest absolute Gasteiger partial charge is 0.0964 e. The van der Waals surface area contributed by atoms with Gasteiger partial charge in [0.2, 0.25) is 0 Å². The Bertz CT molecular complexity index is 462. The van der Waals surface area contributed by atoms with Crippen molar-refractivity contribution < 1.29 is 0 Å². The summed E-state index contributed by atoms with van der Waals surface area (Å²) in [6.07, 6.45) is 1.93. The Morgan fingerprint density at radius 3 is 3.00 bits per heavy atom. The van der Waals surface area contributed by atoms with E-state index in [1.807, 2.05) is 6.20 Å². The first kappa shape index (κ1) is 12.2. The standard InChI is InChI=1S/C11H17N5S/c1-9-7-17-8-10(9)4-13-5-11-6-16(3-2-12)15-14-11/h6-8,13H,2-5,12H2,1H3. The third-order valence-electron chi connectivity index (χ3n) is 2.53. The third-order valence-corrected chi connectivity index (χ3v) is 3.44. The minimum absolute atomic E-state index is 0.588. The molecule has 92 valence electrons. The van der Waals surface area contributed by atoms with Gasteiger partial charge in [0.15, 0.2) is 0 Å². The van der Waals surface area contributed by atoms with Crippen LogP contribution in [0.25, 0.3) is 0 Å². The highest BCUT2D eigenvalue weighted by atomic mass is 32.1. The molecule has 0 saturated carbocycles. The van der Waals surface area contributed by atoms with Gasteiger partial charge in [-0.15, -0.1) is 5.10 Å². The van der Waals surface area contributed by atoms with Crippen LogP contribution in [0, 0.1) is 6.92 Å². The normalized spacial score (nSPS) is 10.9. The van der Waals surface area contributed by atoms with Crippen LogP contribution in [0.1, 0.15) is 16.8 Å². The van der Waals surface area contributed by atoms with Crippen LogP contribution in [0.3, 0.4) is 0 Å². The molecule has 0 spiro atoms. The summed E-state index contributed by atoms with van der Waals surface area (Å²) in [4.78, 5) is 0. The van der Waals surface area contributed by atoms with E-state index in [0.29, 0.717) is 6.54 Å². The maximum Gasteiger partial charge on any atom is 0.0964 e. The van der Waals surface area contributed by atoms with Gasteiger partial charge in [0.25, 0.3) is 0 Å². The van der Waals surface area contributed by atoms with E-state index in [0.717, 1.165) is 25.3 Å². The van der Waals surface area contributed by atoms with Crippen molar-refractivity contribution >= 4 is 11.3 Å². The van der Waals surface area contributed by atoms with Gasteiger partial charge in [-0.3, -0.25) is 4.68 Å². The molecule has 2 aromatic heterocycles. The third kappa shape index (κ3) is 3.36. The van der Waals surface area contributed by atoms with E-state index in [1.165, 1.54) is 11.1 Å². The first-order chi connectivity index (χ1) is 8.29. The summed E-state index contributed by atoms with van der Waals surface area (Å²) in [5.41, 5.74) is 9.09. The van der Waals surface area contributed by atoms with Gasteiger partial charge < -0.3 is 11.1 Å². The molecule has 3 N–H and O–H groups in total. The summed E-state index contributed by atoms with van der Waals surface area (Å²) in [6.45, 7) is 5.05. The van der Waals surface area contributed by atoms with E-state index in [1.54, 1.807) is 16.0 Å². The van der Waals surface area contributed by atoms with Crippen LogP contribution in [0.5, 0.6) is 0 Å². The van der Waals surface area contributed by atoms with Crippen LogP contribution >= 0.6 is 11.3 Å². The highest BCUT2D eigenvalue weighted by Crippen LogP contribution is 2.13. The lowest BCUT2D eigenvalue weighted by molar-refractivity contribution is 0.598. The van der Waals surface area contributed by atoms with Gasteiger partial charge in [0, 0.05) is 25.8 Å². The molecule has 0 aromatic carbocycles. The fourth-order valence-electron chi connectivity index (χ4n) is 1.55. The lowest BCUT2D eigenvalue weighted by Crippen LogP contribution is -2.13. The molecule has 2 heterocycles. The molecule has 2 aromatic rings. The van der Waals surface area contributed by atoms with Gasteiger partial charge in [-0.1, -0.05) is 5.21 Å². The Kier molecular flexibility index (Phi) is 4.24. The summed E-state index contributed by atoms with van der Waals surface area (Å²) in [5.74, 6) is 0. The van der Waals surface area contributed by atoms with E-state index in [2.05, 4.69) is 33.3 Å². The van der Waals surface area contributed by atoms with Crippen molar-refractivity contribution in [3.8, 4) is 0 Å². The van der Waals surface area contributed by atoms with Crippen LogP contribution in [0.15, 0.2) is 17.0 Å². The van der Waals surface area contributed by atoms with Crippen molar-refractivity contribution in [1.29, 1.82) is 0 Å². The highest BCUT2D eigenvalue weighted by Gasteiger charge is 2.01. The number of rotatable bonds is 6. The first-order valence-electron chi connectivity index (χ1n) is 5.61. The van der Waals surface area contributed by atoms with E-state index < -0.39 is 0 Å². The van der Waals surface area contributed by atoms with Gasteiger partial charge in [0.05, 0.1) is 12.2 Å². The number of nitrogens with one attached hydrogen (secondary N) is 1. The summed E-state index contributed by atoms with van der Waals surface area (Å²) in [6, 6.07) is 0. The average Bonchev–Trinajstić information content (AvgIpc) is 2.90. The molecule has 2 rings (SSSR count). The van der Waals surface area contributed by atoms with Gasteiger partial charge in [-0.05, 0) is 28.8 Å². The summed E-state index contributed by atoms with van der Waals surface area (Å²) in [7, 11) is 0. The Morgan fingerprint density at radius 1 is 1.41 bits per heavy atom. The molecule has 0 unspecified atom stereocenters. The number of nitrogens with zero attached hydrogens (tertiary/aromatic N) is 3.